The average Bonchev–Trinajstić information content (AvgIpc) is 1.85. The fraction of sp³-hybridized carbons (Fsp3) is 0.800. The van der Waals surface area contributed by atoms with E-state index in [1.807, 2.05) is 6.92 Å². The summed E-state index contributed by atoms with van der Waals surface area (Å²) in [5.41, 5.74) is 6.53. The molecular formula is C10H21NO. The van der Waals surface area contributed by atoms with Gasteiger partial charge in [0.25, 0.3) is 0 Å². The van der Waals surface area contributed by atoms with Crippen molar-refractivity contribution < 1.29 is 4.74 Å². The molecule has 72 valence electrons. The van der Waals surface area contributed by atoms with Gasteiger partial charge in [-0.25, -0.2) is 0 Å². The fourth-order valence-electron chi connectivity index (χ4n) is 0.921. The first-order valence-electron chi connectivity index (χ1n) is 4.46. The van der Waals surface area contributed by atoms with Crippen LogP contribution in [0.4, 0.5) is 0 Å². The third-order valence-electron chi connectivity index (χ3n) is 1.77. The molecule has 2 nitrogen and oxygen atoms in total. The maximum atomic E-state index is 5.64. The SMILES string of the molecule is C=C(C)CCOC(C)(C)CCN. The summed E-state index contributed by atoms with van der Waals surface area (Å²) >= 11 is 0. The topological polar surface area (TPSA) is 35.2 Å². The van der Waals surface area contributed by atoms with E-state index in [2.05, 4.69) is 20.4 Å². The lowest BCUT2D eigenvalue weighted by atomic mass is 10.1. The highest BCUT2D eigenvalue weighted by atomic mass is 16.5. The van der Waals surface area contributed by atoms with Gasteiger partial charge in [-0.2, -0.15) is 0 Å². The van der Waals surface area contributed by atoms with Crippen LogP contribution >= 0.6 is 0 Å². The maximum Gasteiger partial charge on any atom is 0.0638 e. The Morgan fingerprint density at radius 1 is 1.50 bits per heavy atom. The van der Waals surface area contributed by atoms with Crippen LogP contribution in [0.15, 0.2) is 12.2 Å². The molecule has 0 saturated carbocycles. The minimum Gasteiger partial charge on any atom is -0.375 e. The average molecular weight is 171 g/mol. The van der Waals surface area contributed by atoms with E-state index >= 15 is 0 Å². The number of hydrogen-bond donors (Lipinski definition) is 1. The third kappa shape index (κ3) is 6.38. The first-order valence-corrected chi connectivity index (χ1v) is 4.46. The Morgan fingerprint density at radius 2 is 2.08 bits per heavy atom. The molecule has 0 atom stereocenters. The van der Waals surface area contributed by atoms with Crippen LogP contribution in [-0.2, 0) is 4.74 Å². The summed E-state index contributed by atoms with van der Waals surface area (Å²) in [6.45, 7) is 11.4. The highest BCUT2D eigenvalue weighted by molar-refractivity contribution is 4.87. The van der Waals surface area contributed by atoms with Gasteiger partial charge in [0.15, 0.2) is 0 Å². The molecule has 0 aromatic rings. The summed E-state index contributed by atoms with van der Waals surface area (Å²) in [5.74, 6) is 0. The van der Waals surface area contributed by atoms with Gasteiger partial charge in [0.1, 0.15) is 0 Å². The van der Waals surface area contributed by atoms with Crippen LogP contribution in [0.5, 0.6) is 0 Å². The van der Waals surface area contributed by atoms with Crippen LogP contribution in [0.2, 0.25) is 0 Å². The molecule has 0 heterocycles. The van der Waals surface area contributed by atoms with Crippen molar-refractivity contribution in [1.29, 1.82) is 0 Å². The molecule has 0 fully saturated rings. The van der Waals surface area contributed by atoms with Crippen LogP contribution in [-0.4, -0.2) is 18.8 Å². The smallest absolute Gasteiger partial charge is 0.0638 e. The highest BCUT2D eigenvalue weighted by Gasteiger charge is 2.16. The Morgan fingerprint density at radius 3 is 2.50 bits per heavy atom. The first-order chi connectivity index (χ1) is 5.48. The summed E-state index contributed by atoms with van der Waals surface area (Å²) in [6, 6.07) is 0. The second-order valence-electron chi connectivity index (χ2n) is 3.85. The predicted molar refractivity (Wildman–Crippen MR) is 53.1 cm³/mol. The zero-order chi connectivity index (χ0) is 9.61. The molecular weight excluding hydrogens is 150 g/mol. The Bertz CT molecular complexity index is 141. The summed E-state index contributed by atoms with van der Waals surface area (Å²) in [6.07, 6.45) is 1.84. The van der Waals surface area contributed by atoms with Crippen LogP contribution < -0.4 is 5.73 Å². The van der Waals surface area contributed by atoms with Crippen molar-refractivity contribution in [2.75, 3.05) is 13.2 Å². The lowest BCUT2D eigenvalue weighted by molar-refractivity contribution is -0.0198. The van der Waals surface area contributed by atoms with Gasteiger partial charge >= 0.3 is 0 Å². The second kappa shape index (κ2) is 5.33. The van der Waals surface area contributed by atoms with Crippen molar-refractivity contribution in [3.8, 4) is 0 Å². The molecule has 0 aliphatic heterocycles. The molecule has 0 aliphatic rings. The van der Waals surface area contributed by atoms with Crippen LogP contribution in [0.3, 0.4) is 0 Å². The minimum absolute atomic E-state index is 0.0792. The Kier molecular flexibility index (Phi) is 5.18. The van der Waals surface area contributed by atoms with Gasteiger partial charge in [-0.05, 0) is 40.2 Å². The predicted octanol–water partition coefficient (Wildman–Crippen LogP) is 2.10. The van der Waals surface area contributed by atoms with E-state index in [1.54, 1.807) is 0 Å². The summed E-state index contributed by atoms with van der Waals surface area (Å²) in [7, 11) is 0. The lowest BCUT2D eigenvalue weighted by Gasteiger charge is -2.24. The van der Waals surface area contributed by atoms with Gasteiger partial charge in [0.2, 0.25) is 0 Å². The largest absolute Gasteiger partial charge is 0.375 e. The number of rotatable bonds is 6. The van der Waals surface area contributed by atoms with Crippen molar-refractivity contribution in [2.45, 2.75) is 39.2 Å². The normalized spacial score (nSPS) is 11.7. The van der Waals surface area contributed by atoms with Gasteiger partial charge in [-0.15, -0.1) is 6.58 Å². The molecule has 0 saturated heterocycles. The molecule has 0 radical (unpaired) electrons. The van der Waals surface area contributed by atoms with Gasteiger partial charge < -0.3 is 10.5 Å². The zero-order valence-corrected chi connectivity index (χ0v) is 8.52. The molecule has 0 aromatic heterocycles. The molecule has 0 unspecified atom stereocenters. The molecule has 2 N–H and O–H groups in total. The third-order valence-corrected chi connectivity index (χ3v) is 1.77. The quantitative estimate of drug-likeness (QED) is 0.621. The number of ether oxygens (including phenoxy) is 1. The zero-order valence-electron chi connectivity index (χ0n) is 8.52. The van der Waals surface area contributed by atoms with Crippen molar-refractivity contribution >= 4 is 0 Å². The van der Waals surface area contributed by atoms with E-state index < -0.39 is 0 Å². The first kappa shape index (κ1) is 11.7. The standard InChI is InChI=1S/C10H21NO/c1-9(2)5-8-12-10(3,4)6-7-11/h1,5-8,11H2,2-4H3. The summed E-state index contributed by atoms with van der Waals surface area (Å²) in [5, 5.41) is 0. The van der Waals surface area contributed by atoms with E-state index in [-0.39, 0.29) is 5.60 Å². The molecule has 0 amide bonds. The number of nitrogens with two attached hydrogens (primary N) is 1. The van der Waals surface area contributed by atoms with E-state index in [0.29, 0.717) is 6.54 Å². The van der Waals surface area contributed by atoms with Crippen LogP contribution in [0.25, 0.3) is 0 Å². The Hall–Kier alpha value is -0.340. The molecule has 12 heavy (non-hydrogen) atoms. The van der Waals surface area contributed by atoms with Gasteiger partial charge in [-0.1, -0.05) is 5.57 Å². The van der Waals surface area contributed by atoms with Gasteiger partial charge in [-0.3, -0.25) is 0 Å². The monoisotopic (exact) mass is 171 g/mol. The van der Waals surface area contributed by atoms with Crippen molar-refractivity contribution in [3.05, 3.63) is 12.2 Å². The van der Waals surface area contributed by atoms with Crippen LogP contribution in [0, 0.1) is 0 Å². The number of hydrogen-bond acceptors (Lipinski definition) is 2. The van der Waals surface area contributed by atoms with Gasteiger partial charge in [0, 0.05) is 0 Å². The molecule has 0 bridgehead atoms. The van der Waals surface area contributed by atoms with Crippen molar-refractivity contribution in [1.82, 2.24) is 0 Å². The van der Waals surface area contributed by atoms with Crippen LogP contribution in [0.1, 0.15) is 33.6 Å². The lowest BCUT2D eigenvalue weighted by Crippen LogP contribution is -2.28. The van der Waals surface area contributed by atoms with E-state index in [0.717, 1.165) is 19.4 Å². The minimum atomic E-state index is -0.0792. The second-order valence-corrected chi connectivity index (χ2v) is 3.85. The molecule has 2 heteroatoms. The maximum absolute atomic E-state index is 5.64. The van der Waals surface area contributed by atoms with E-state index in [4.69, 9.17) is 10.5 Å². The summed E-state index contributed by atoms with van der Waals surface area (Å²) < 4.78 is 5.64. The molecule has 0 rings (SSSR count). The van der Waals surface area contributed by atoms with Crippen molar-refractivity contribution in [2.24, 2.45) is 5.73 Å². The van der Waals surface area contributed by atoms with E-state index in [1.165, 1.54) is 5.57 Å². The van der Waals surface area contributed by atoms with E-state index in [9.17, 15) is 0 Å². The van der Waals surface area contributed by atoms with Crippen molar-refractivity contribution in [3.63, 3.8) is 0 Å². The molecule has 0 spiro atoms. The fourth-order valence-corrected chi connectivity index (χ4v) is 0.921. The summed E-state index contributed by atoms with van der Waals surface area (Å²) in [4.78, 5) is 0. The van der Waals surface area contributed by atoms with Gasteiger partial charge in [0.05, 0.1) is 12.2 Å². The molecule has 0 aromatic carbocycles. The Labute approximate surface area is 75.8 Å². The molecule has 0 aliphatic carbocycles. The Balaban J connectivity index is 3.53. The highest BCUT2D eigenvalue weighted by Crippen LogP contribution is 2.14.